The van der Waals surface area contributed by atoms with Gasteiger partial charge in [0.15, 0.2) is 0 Å². The van der Waals surface area contributed by atoms with Crippen molar-refractivity contribution in [3.05, 3.63) is 83.9 Å². The van der Waals surface area contributed by atoms with Crippen LogP contribution in [0.15, 0.2) is 67.1 Å². The Labute approximate surface area is 196 Å². The second-order valence-corrected chi connectivity index (χ2v) is 8.02. The van der Waals surface area contributed by atoms with Crippen LogP contribution in [-0.2, 0) is 20.9 Å². The summed E-state index contributed by atoms with van der Waals surface area (Å²) in [5, 5.41) is 11.7. The third-order valence-corrected chi connectivity index (χ3v) is 5.73. The van der Waals surface area contributed by atoms with E-state index in [1.54, 1.807) is 12.3 Å². The number of carbonyl (C=O) groups excluding carboxylic acids is 2. The van der Waals surface area contributed by atoms with Gasteiger partial charge in [0.2, 0.25) is 5.91 Å². The van der Waals surface area contributed by atoms with Crippen LogP contribution < -0.4 is 5.32 Å². The van der Waals surface area contributed by atoms with Crippen LogP contribution in [0.25, 0.3) is 11.1 Å². The minimum absolute atomic E-state index is 0.0601. The van der Waals surface area contributed by atoms with Crippen molar-refractivity contribution >= 4 is 18.0 Å². The highest BCUT2D eigenvalue weighted by Gasteiger charge is 2.31. The molecule has 3 aromatic rings. The molecule has 1 aliphatic carbocycles. The minimum Gasteiger partial charge on any atom is -0.481 e. The van der Waals surface area contributed by atoms with Gasteiger partial charge in [0.25, 0.3) is 0 Å². The van der Waals surface area contributed by atoms with Gasteiger partial charge < -0.3 is 20.1 Å². The molecule has 2 amide bonds. The number of likely N-dealkylation sites (N-methyl/N-ethyl adjacent to an activating group) is 1. The van der Waals surface area contributed by atoms with Crippen LogP contribution in [0.2, 0.25) is 0 Å². The smallest absolute Gasteiger partial charge is 0.407 e. The Morgan fingerprint density at radius 1 is 1.06 bits per heavy atom. The lowest BCUT2D eigenvalue weighted by Gasteiger charge is -2.23. The molecule has 0 fully saturated rings. The van der Waals surface area contributed by atoms with Gasteiger partial charge in [-0.25, -0.2) is 14.8 Å². The van der Waals surface area contributed by atoms with E-state index in [9.17, 15) is 19.5 Å². The number of hydrogen-bond donors (Lipinski definition) is 2. The average molecular weight is 460 g/mol. The molecule has 1 heterocycles. The number of rotatable bonds is 8. The number of carboxylic acids is 1. The van der Waals surface area contributed by atoms with Crippen molar-refractivity contribution in [1.29, 1.82) is 0 Å². The third-order valence-electron chi connectivity index (χ3n) is 5.73. The molecular formula is C25H24N4O5. The molecular weight excluding hydrogens is 436 g/mol. The second-order valence-electron chi connectivity index (χ2n) is 8.02. The lowest BCUT2D eigenvalue weighted by Crippen LogP contribution is -2.48. The third kappa shape index (κ3) is 5.03. The first-order chi connectivity index (χ1) is 16.4. The average Bonchev–Trinajstić information content (AvgIpc) is 3.16. The van der Waals surface area contributed by atoms with Gasteiger partial charge in [0, 0.05) is 19.2 Å². The van der Waals surface area contributed by atoms with Gasteiger partial charge in [0.05, 0.1) is 18.7 Å². The van der Waals surface area contributed by atoms with E-state index in [1.807, 2.05) is 48.5 Å². The summed E-state index contributed by atoms with van der Waals surface area (Å²) in [5.74, 6) is -1.92. The SMILES string of the molecule is CN(Cc1ccncn1)C(=O)C(CC(=O)O)NC(=O)OCC1c2ccccc2-c2ccccc21. The molecule has 0 bridgehead atoms. The Hall–Kier alpha value is -4.27. The molecule has 1 aliphatic rings. The first-order valence-electron chi connectivity index (χ1n) is 10.8. The lowest BCUT2D eigenvalue weighted by molar-refractivity contribution is -0.142. The number of nitrogens with one attached hydrogen (secondary N) is 1. The number of amides is 2. The lowest BCUT2D eigenvalue weighted by atomic mass is 9.98. The van der Waals surface area contributed by atoms with Gasteiger partial charge in [0.1, 0.15) is 19.0 Å². The van der Waals surface area contributed by atoms with E-state index in [2.05, 4.69) is 15.3 Å². The van der Waals surface area contributed by atoms with E-state index in [-0.39, 0.29) is 19.1 Å². The Morgan fingerprint density at radius 2 is 1.71 bits per heavy atom. The number of nitrogens with zero attached hydrogens (tertiary/aromatic N) is 3. The van der Waals surface area contributed by atoms with Gasteiger partial charge in [-0.1, -0.05) is 48.5 Å². The zero-order chi connectivity index (χ0) is 24.1. The summed E-state index contributed by atoms with van der Waals surface area (Å²) in [6.07, 6.45) is 1.48. The van der Waals surface area contributed by atoms with Crippen LogP contribution in [-0.4, -0.2) is 57.6 Å². The van der Waals surface area contributed by atoms with Crippen LogP contribution in [0.1, 0.15) is 29.2 Å². The largest absolute Gasteiger partial charge is 0.481 e. The highest BCUT2D eigenvalue weighted by atomic mass is 16.5. The summed E-state index contributed by atoms with van der Waals surface area (Å²) in [7, 11) is 1.51. The molecule has 0 saturated heterocycles. The summed E-state index contributed by atoms with van der Waals surface area (Å²) in [5.41, 5.74) is 4.88. The molecule has 1 aromatic heterocycles. The Morgan fingerprint density at radius 3 is 2.29 bits per heavy atom. The molecule has 4 rings (SSSR count). The van der Waals surface area contributed by atoms with Crippen molar-refractivity contribution < 1.29 is 24.2 Å². The quantitative estimate of drug-likeness (QED) is 0.530. The maximum Gasteiger partial charge on any atom is 0.407 e. The standard InChI is InChI=1S/C25H24N4O5/c1-29(13-16-10-11-26-15-27-16)24(32)22(12-23(30)31)28-25(33)34-14-21-19-8-4-2-6-17(19)18-7-3-5-9-20(18)21/h2-11,15,21-22H,12-14H2,1H3,(H,28,33)(H,30,31). The fourth-order valence-corrected chi connectivity index (χ4v) is 4.16. The van der Waals surface area contributed by atoms with E-state index < -0.39 is 30.4 Å². The maximum atomic E-state index is 12.9. The molecule has 0 saturated carbocycles. The van der Waals surface area contributed by atoms with Crippen LogP contribution >= 0.6 is 0 Å². The number of aromatic nitrogens is 2. The van der Waals surface area contributed by atoms with Crippen LogP contribution in [0, 0.1) is 0 Å². The van der Waals surface area contributed by atoms with E-state index >= 15 is 0 Å². The van der Waals surface area contributed by atoms with E-state index in [1.165, 1.54) is 18.3 Å². The summed E-state index contributed by atoms with van der Waals surface area (Å²) in [6, 6.07) is 16.2. The van der Waals surface area contributed by atoms with Crippen molar-refractivity contribution in [3.8, 4) is 11.1 Å². The molecule has 2 N–H and O–H groups in total. The van der Waals surface area contributed by atoms with Crippen LogP contribution in [0.4, 0.5) is 4.79 Å². The number of carbonyl (C=O) groups is 3. The number of alkyl carbamates (subject to hydrolysis) is 1. The zero-order valence-corrected chi connectivity index (χ0v) is 18.5. The molecule has 34 heavy (non-hydrogen) atoms. The minimum atomic E-state index is -1.28. The van der Waals surface area contributed by atoms with Crippen LogP contribution in [0.5, 0.6) is 0 Å². The second kappa shape index (κ2) is 10.1. The predicted octanol–water partition coefficient (Wildman–Crippen LogP) is 2.82. The normalized spacial score (nSPS) is 12.9. The van der Waals surface area contributed by atoms with Crippen molar-refractivity contribution in [3.63, 3.8) is 0 Å². The van der Waals surface area contributed by atoms with Gasteiger partial charge in [-0.2, -0.15) is 0 Å². The van der Waals surface area contributed by atoms with E-state index in [0.29, 0.717) is 5.69 Å². The van der Waals surface area contributed by atoms with Crippen molar-refractivity contribution in [2.24, 2.45) is 0 Å². The summed E-state index contributed by atoms with van der Waals surface area (Å²) >= 11 is 0. The molecule has 9 heteroatoms. The number of hydrogen-bond acceptors (Lipinski definition) is 6. The Balaban J connectivity index is 1.42. The number of carboxylic acid groups (broad SMARTS) is 1. The number of benzene rings is 2. The number of ether oxygens (including phenoxy) is 1. The van der Waals surface area contributed by atoms with Crippen molar-refractivity contribution in [1.82, 2.24) is 20.2 Å². The van der Waals surface area contributed by atoms with E-state index in [4.69, 9.17) is 4.74 Å². The molecule has 174 valence electrons. The molecule has 1 atom stereocenters. The molecule has 1 unspecified atom stereocenters. The molecule has 9 nitrogen and oxygen atoms in total. The fourth-order valence-electron chi connectivity index (χ4n) is 4.16. The monoisotopic (exact) mass is 460 g/mol. The highest BCUT2D eigenvalue weighted by molar-refractivity contribution is 5.89. The van der Waals surface area contributed by atoms with E-state index in [0.717, 1.165) is 22.3 Å². The summed E-state index contributed by atoms with van der Waals surface area (Å²) in [6.45, 7) is 0.203. The number of aliphatic carboxylic acids is 1. The first-order valence-corrected chi connectivity index (χ1v) is 10.8. The van der Waals surface area contributed by atoms with Gasteiger partial charge in [-0.3, -0.25) is 9.59 Å². The first kappa shape index (κ1) is 22.9. The Bertz CT molecular complexity index is 1160. The molecule has 0 radical (unpaired) electrons. The maximum absolute atomic E-state index is 12.9. The zero-order valence-electron chi connectivity index (χ0n) is 18.5. The highest BCUT2D eigenvalue weighted by Crippen LogP contribution is 2.44. The van der Waals surface area contributed by atoms with Gasteiger partial charge in [-0.15, -0.1) is 0 Å². The number of fused-ring (bicyclic) bond motifs is 3. The summed E-state index contributed by atoms with van der Waals surface area (Å²) < 4.78 is 5.47. The van der Waals surface area contributed by atoms with Gasteiger partial charge >= 0.3 is 12.1 Å². The van der Waals surface area contributed by atoms with Crippen molar-refractivity contribution in [2.75, 3.05) is 13.7 Å². The molecule has 2 aromatic carbocycles. The Kier molecular flexibility index (Phi) is 6.82. The topological polar surface area (TPSA) is 122 Å². The predicted molar refractivity (Wildman–Crippen MR) is 123 cm³/mol. The van der Waals surface area contributed by atoms with Crippen molar-refractivity contribution in [2.45, 2.75) is 24.9 Å². The fraction of sp³-hybridized carbons (Fsp3) is 0.240. The van der Waals surface area contributed by atoms with Gasteiger partial charge in [-0.05, 0) is 28.3 Å². The van der Waals surface area contributed by atoms with Crippen LogP contribution in [0.3, 0.4) is 0 Å². The molecule has 0 spiro atoms. The summed E-state index contributed by atoms with van der Waals surface area (Å²) in [4.78, 5) is 46.0. The molecule has 0 aliphatic heterocycles.